The summed E-state index contributed by atoms with van der Waals surface area (Å²) in [5, 5.41) is 3.62. The van der Waals surface area contributed by atoms with Gasteiger partial charge in [0.25, 0.3) is 0 Å². The number of anilines is 1. The smallest absolute Gasteiger partial charge is 0.0617 e. The van der Waals surface area contributed by atoms with E-state index in [4.69, 9.17) is 4.74 Å². The number of halogens is 1. The van der Waals surface area contributed by atoms with E-state index in [9.17, 15) is 0 Å². The minimum Gasteiger partial charge on any atom is -0.382 e. The van der Waals surface area contributed by atoms with Crippen molar-refractivity contribution in [1.29, 1.82) is 0 Å². The zero-order valence-corrected chi connectivity index (χ0v) is 13.0. The van der Waals surface area contributed by atoms with Crippen LogP contribution in [0.5, 0.6) is 0 Å². The van der Waals surface area contributed by atoms with E-state index in [1.165, 1.54) is 15.7 Å². The molecule has 0 radical (unpaired) electrons. The molecule has 18 heavy (non-hydrogen) atoms. The Morgan fingerprint density at radius 2 is 2.17 bits per heavy atom. The van der Waals surface area contributed by atoms with Gasteiger partial charge in [-0.05, 0) is 43.4 Å². The molecule has 2 rings (SSSR count). The highest BCUT2D eigenvalue weighted by molar-refractivity contribution is 9.10. The third-order valence-electron chi connectivity index (χ3n) is 3.60. The Kier molecular flexibility index (Phi) is 4.68. The first kappa shape index (κ1) is 13.9. The summed E-state index contributed by atoms with van der Waals surface area (Å²) >= 11 is 3.58. The van der Waals surface area contributed by atoms with E-state index < -0.39 is 0 Å². The molecule has 2 nitrogen and oxygen atoms in total. The molecule has 2 unspecified atom stereocenters. The molecule has 1 aromatic carbocycles. The third kappa shape index (κ3) is 3.48. The predicted molar refractivity (Wildman–Crippen MR) is 80.1 cm³/mol. The first-order chi connectivity index (χ1) is 8.56. The molecule has 100 valence electrons. The van der Waals surface area contributed by atoms with E-state index in [1.807, 2.05) is 0 Å². The summed E-state index contributed by atoms with van der Waals surface area (Å²) in [4.78, 5) is 0. The fourth-order valence-electron chi connectivity index (χ4n) is 2.34. The quantitative estimate of drug-likeness (QED) is 0.894. The summed E-state index contributed by atoms with van der Waals surface area (Å²) < 4.78 is 6.97. The fourth-order valence-corrected chi connectivity index (χ4v) is 2.72. The molecular formula is C15H22BrNO. The number of benzene rings is 1. The lowest BCUT2D eigenvalue weighted by Crippen LogP contribution is -2.36. The van der Waals surface area contributed by atoms with Gasteiger partial charge >= 0.3 is 0 Å². The molecule has 3 heteroatoms. The highest BCUT2D eigenvalue weighted by atomic mass is 79.9. The van der Waals surface area contributed by atoms with E-state index in [0.717, 1.165) is 19.4 Å². The summed E-state index contributed by atoms with van der Waals surface area (Å²) in [6, 6.07) is 6.99. The van der Waals surface area contributed by atoms with Crippen molar-refractivity contribution >= 4 is 21.6 Å². The van der Waals surface area contributed by atoms with Crippen LogP contribution in [-0.4, -0.2) is 18.8 Å². The Hall–Kier alpha value is -0.540. The average Bonchev–Trinajstić information content (AvgIpc) is 2.34. The molecule has 2 atom stereocenters. The van der Waals surface area contributed by atoms with Gasteiger partial charge in [-0.15, -0.1) is 0 Å². The Balaban J connectivity index is 1.98. The number of hydrogen-bond donors (Lipinski definition) is 1. The molecule has 0 aliphatic carbocycles. The summed E-state index contributed by atoms with van der Waals surface area (Å²) in [6.07, 6.45) is 2.59. The van der Waals surface area contributed by atoms with E-state index in [2.05, 4.69) is 60.2 Å². The van der Waals surface area contributed by atoms with Crippen LogP contribution in [0.3, 0.4) is 0 Å². The molecule has 1 fully saturated rings. The van der Waals surface area contributed by atoms with E-state index in [-0.39, 0.29) is 0 Å². The predicted octanol–water partition coefficient (Wildman–Crippen LogP) is 4.37. The summed E-state index contributed by atoms with van der Waals surface area (Å²) in [6.45, 7) is 7.44. The standard InChI is InChI=1S/C15H22BrNO/c1-10(2)15-9-13(6-7-18-15)17-12-5-4-11(3)14(16)8-12/h4-5,8,10,13,15,17H,6-7,9H2,1-3H3. The topological polar surface area (TPSA) is 21.3 Å². The van der Waals surface area contributed by atoms with Crippen molar-refractivity contribution in [2.45, 2.75) is 45.8 Å². The van der Waals surface area contributed by atoms with Crippen molar-refractivity contribution in [1.82, 2.24) is 0 Å². The molecule has 0 bridgehead atoms. The second-order valence-electron chi connectivity index (χ2n) is 5.48. The van der Waals surface area contributed by atoms with Crippen LogP contribution in [0.4, 0.5) is 5.69 Å². The second-order valence-corrected chi connectivity index (χ2v) is 6.34. The number of nitrogens with one attached hydrogen (secondary N) is 1. The van der Waals surface area contributed by atoms with Gasteiger partial charge in [-0.2, -0.15) is 0 Å². The van der Waals surface area contributed by atoms with Crippen molar-refractivity contribution in [2.75, 3.05) is 11.9 Å². The normalized spacial score (nSPS) is 24.3. The number of rotatable bonds is 3. The van der Waals surface area contributed by atoms with Crippen LogP contribution >= 0.6 is 15.9 Å². The minimum absolute atomic E-state index is 0.394. The molecule has 1 N–H and O–H groups in total. The molecule has 0 spiro atoms. The largest absolute Gasteiger partial charge is 0.382 e. The van der Waals surface area contributed by atoms with Gasteiger partial charge in [-0.25, -0.2) is 0 Å². The van der Waals surface area contributed by atoms with Crippen LogP contribution < -0.4 is 5.32 Å². The lowest BCUT2D eigenvalue weighted by atomic mass is 9.95. The lowest BCUT2D eigenvalue weighted by molar-refractivity contribution is -0.0160. The number of ether oxygens (including phenoxy) is 1. The molecule has 1 saturated heterocycles. The Morgan fingerprint density at radius 3 is 2.83 bits per heavy atom. The summed E-state index contributed by atoms with van der Waals surface area (Å²) in [5.74, 6) is 0.597. The first-order valence-corrected chi connectivity index (χ1v) is 7.50. The van der Waals surface area contributed by atoms with Crippen molar-refractivity contribution < 1.29 is 4.74 Å². The average molecular weight is 312 g/mol. The first-order valence-electron chi connectivity index (χ1n) is 6.70. The van der Waals surface area contributed by atoms with E-state index in [1.54, 1.807) is 0 Å². The van der Waals surface area contributed by atoms with Gasteiger partial charge in [-0.1, -0.05) is 35.8 Å². The second kappa shape index (κ2) is 6.07. The van der Waals surface area contributed by atoms with Gasteiger partial charge in [0, 0.05) is 22.8 Å². The van der Waals surface area contributed by atoms with E-state index >= 15 is 0 Å². The van der Waals surface area contributed by atoms with Crippen LogP contribution in [0.25, 0.3) is 0 Å². The molecule has 1 aliphatic heterocycles. The zero-order chi connectivity index (χ0) is 13.1. The highest BCUT2D eigenvalue weighted by Gasteiger charge is 2.24. The van der Waals surface area contributed by atoms with Gasteiger partial charge in [0.05, 0.1) is 6.10 Å². The van der Waals surface area contributed by atoms with Gasteiger partial charge in [-0.3, -0.25) is 0 Å². The maximum absolute atomic E-state index is 5.80. The Morgan fingerprint density at radius 1 is 1.39 bits per heavy atom. The van der Waals surface area contributed by atoms with Gasteiger partial charge in [0.15, 0.2) is 0 Å². The Bertz CT molecular complexity index is 405. The molecule has 1 aromatic rings. The molecule has 1 aliphatic rings. The monoisotopic (exact) mass is 311 g/mol. The summed E-state index contributed by atoms with van der Waals surface area (Å²) in [7, 11) is 0. The maximum atomic E-state index is 5.80. The fraction of sp³-hybridized carbons (Fsp3) is 0.600. The van der Waals surface area contributed by atoms with Gasteiger partial charge < -0.3 is 10.1 Å². The summed E-state index contributed by atoms with van der Waals surface area (Å²) in [5.41, 5.74) is 2.47. The lowest BCUT2D eigenvalue weighted by Gasteiger charge is -2.33. The maximum Gasteiger partial charge on any atom is 0.0617 e. The molecular weight excluding hydrogens is 290 g/mol. The molecule has 1 heterocycles. The van der Waals surface area contributed by atoms with Crippen molar-refractivity contribution in [3.05, 3.63) is 28.2 Å². The van der Waals surface area contributed by atoms with Crippen LogP contribution in [-0.2, 0) is 4.74 Å². The number of hydrogen-bond acceptors (Lipinski definition) is 2. The minimum atomic E-state index is 0.394. The highest BCUT2D eigenvalue weighted by Crippen LogP contribution is 2.25. The SMILES string of the molecule is Cc1ccc(NC2CCOC(C(C)C)C2)cc1Br. The van der Waals surface area contributed by atoms with E-state index in [0.29, 0.717) is 18.1 Å². The van der Waals surface area contributed by atoms with Crippen LogP contribution in [0.1, 0.15) is 32.3 Å². The zero-order valence-electron chi connectivity index (χ0n) is 11.4. The van der Waals surface area contributed by atoms with Crippen LogP contribution in [0.2, 0.25) is 0 Å². The molecule has 0 amide bonds. The molecule has 0 aromatic heterocycles. The van der Waals surface area contributed by atoms with Gasteiger partial charge in [0.2, 0.25) is 0 Å². The number of aryl methyl sites for hydroxylation is 1. The molecule has 0 saturated carbocycles. The van der Waals surface area contributed by atoms with Crippen molar-refractivity contribution in [2.24, 2.45) is 5.92 Å². The van der Waals surface area contributed by atoms with Gasteiger partial charge in [0.1, 0.15) is 0 Å². The van der Waals surface area contributed by atoms with Crippen LogP contribution in [0.15, 0.2) is 22.7 Å². The van der Waals surface area contributed by atoms with Crippen molar-refractivity contribution in [3.63, 3.8) is 0 Å². The third-order valence-corrected chi connectivity index (χ3v) is 4.46. The van der Waals surface area contributed by atoms with Crippen molar-refractivity contribution in [3.8, 4) is 0 Å². The Labute approximate surface area is 118 Å². The van der Waals surface area contributed by atoms with Crippen LogP contribution in [0, 0.1) is 12.8 Å².